The standard InChI is InChI=1S/C30H40F3N7O.ClH/c31-30(32,33)10-12-35-29-36-18-26-27(20-40(28(26)37-29)23-5-7-25(41)8-6-23)22-3-1-21(2-4-22)19-38-13-15-39(16-14-38)24-9-11-34-17-24;/h1-4,18,20,23-25,34,41H,5-17,19H2,(H,35,36,37);1H. The second kappa shape index (κ2) is 13.5. The van der Waals surface area contributed by atoms with Crippen LogP contribution in [-0.4, -0.2) is 93.6 Å². The third-order valence-electron chi connectivity index (χ3n) is 8.95. The van der Waals surface area contributed by atoms with Crippen LogP contribution in [0, 0.1) is 0 Å². The molecule has 0 bridgehead atoms. The molecule has 3 aliphatic rings. The highest BCUT2D eigenvalue weighted by atomic mass is 35.5. The summed E-state index contributed by atoms with van der Waals surface area (Å²) in [4.78, 5) is 14.2. The van der Waals surface area contributed by atoms with Gasteiger partial charge in [0, 0.05) is 81.2 Å². The number of hydrogen-bond donors (Lipinski definition) is 3. The van der Waals surface area contributed by atoms with Crippen molar-refractivity contribution in [2.75, 3.05) is 51.1 Å². The Hall–Kier alpha value is -2.44. The fourth-order valence-electron chi connectivity index (χ4n) is 6.56. The van der Waals surface area contributed by atoms with Crippen LogP contribution in [0.3, 0.4) is 0 Å². The van der Waals surface area contributed by atoms with Crippen LogP contribution in [0.25, 0.3) is 22.2 Å². The molecule has 230 valence electrons. The molecule has 1 aromatic carbocycles. The van der Waals surface area contributed by atoms with E-state index >= 15 is 0 Å². The molecule has 2 saturated heterocycles. The van der Waals surface area contributed by atoms with Crippen molar-refractivity contribution in [2.45, 2.75) is 69.4 Å². The summed E-state index contributed by atoms with van der Waals surface area (Å²) in [7, 11) is 0. The van der Waals surface area contributed by atoms with Crippen LogP contribution < -0.4 is 10.6 Å². The lowest BCUT2D eigenvalue weighted by Gasteiger charge is -2.37. The van der Waals surface area contributed by atoms with Crippen molar-refractivity contribution in [3.05, 3.63) is 42.2 Å². The Morgan fingerprint density at radius 3 is 2.38 bits per heavy atom. The summed E-state index contributed by atoms with van der Waals surface area (Å²) in [6.45, 7) is 7.31. The van der Waals surface area contributed by atoms with Gasteiger partial charge in [0.1, 0.15) is 5.65 Å². The summed E-state index contributed by atoms with van der Waals surface area (Å²) >= 11 is 0. The summed E-state index contributed by atoms with van der Waals surface area (Å²) in [6.07, 6.45) is 2.72. The number of nitrogens with zero attached hydrogens (tertiary/aromatic N) is 5. The van der Waals surface area contributed by atoms with Gasteiger partial charge < -0.3 is 20.3 Å². The summed E-state index contributed by atoms with van der Waals surface area (Å²) in [5, 5.41) is 17.1. The topological polar surface area (TPSA) is 81.5 Å². The van der Waals surface area contributed by atoms with E-state index in [0.717, 1.165) is 88.0 Å². The molecule has 0 spiro atoms. The van der Waals surface area contributed by atoms with Gasteiger partial charge in [0.05, 0.1) is 12.5 Å². The van der Waals surface area contributed by atoms with E-state index in [1.54, 1.807) is 6.20 Å². The van der Waals surface area contributed by atoms with Crippen LogP contribution in [0.5, 0.6) is 0 Å². The van der Waals surface area contributed by atoms with Gasteiger partial charge in [0.2, 0.25) is 5.95 Å². The summed E-state index contributed by atoms with van der Waals surface area (Å²) < 4.78 is 40.1. The Labute approximate surface area is 251 Å². The number of piperazine rings is 1. The first kappa shape index (κ1) is 31.0. The number of benzene rings is 1. The number of aromatic nitrogens is 3. The van der Waals surface area contributed by atoms with Crippen molar-refractivity contribution in [1.29, 1.82) is 0 Å². The first-order valence-corrected chi connectivity index (χ1v) is 14.9. The van der Waals surface area contributed by atoms with Gasteiger partial charge in [0.15, 0.2) is 0 Å². The van der Waals surface area contributed by atoms with Gasteiger partial charge in [-0.2, -0.15) is 18.2 Å². The minimum Gasteiger partial charge on any atom is -0.393 e. The molecule has 4 heterocycles. The number of alkyl halides is 3. The van der Waals surface area contributed by atoms with Gasteiger partial charge in [-0.1, -0.05) is 24.3 Å². The largest absolute Gasteiger partial charge is 0.393 e. The first-order chi connectivity index (χ1) is 19.8. The molecule has 3 N–H and O–H groups in total. The van der Waals surface area contributed by atoms with Crippen LogP contribution in [0.1, 0.15) is 50.1 Å². The van der Waals surface area contributed by atoms with Crippen molar-refractivity contribution in [1.82, 2.24) is 29.7 Å². The Balaban J connectivity index is 0.00000353. The third kappa shape index (κ3) is 7.37. The molecule has 8 nitrogen and oxygen atoms in total. The minimum absolute atomic E-state index is 0. The molecule has 3 aromatic rings. The Morgan fingerprint density at radius 1 is 0.976 bits per heavy atom. The minimum atomic E-state index is -4.24. The lowest BCUT2D eigenvalue weighted by molar-refractivity contribution is -0.131. The van der Waals surface area contributed by atoms with Crippen LogP contribution in [0.2, 0.25) is 0 Å². The summed E-state index contributed by atoms with van der Waals surface area (Å²) in [5.74, 6) is 0.197. The average molecular weight is 608 g/mol. The molecule has 3 fully saturated rings. The molecule has 42 heavy (non-hydrogen) atoms. The molecule has 2 aliphatic heterocycles. The number of aliphatic hydroxyl groups is 1. The van der Waals surface area contributed by atoms with Crippen molar-refractivity contribution in [2.24, 2.45) is 0 Å². The summed E-state index contributed by atoms with van der Waals surface area (Å²) in [6, 6.07) is 9.54. The molecule has 2 aromatic heterocycles. The van der Waals surface area contributed by atoms with E-state index < -0.39 is 12.6 Å². The van der Waals surface area contributed by atoms with Crippen LogP contribution in [-0.2, 0) is 6.54 Å². The van der Waals surface area contributed by atoms with E-state index in [1.165, 1.54) is 12.0 Å². The molecule has 6 rings (SSSR count). The SMILES string of the molecule is Cl.OC1CCC(n2cc(-c3ccc(CN4CCN(C5CCNC5)CC4)cc3)c3cnc(NCCC(F)(F)F)nc32)CC1. The van der Waals surface area contributed by atoms with Crippen molar-refractivity contribution in [3.63, 3.8) is 0 Å². The predicted molar refractivity (Wildman–Crippen MR) is 161 cm³/mol. The number of anilines is 1. The van der Waals surface area contributed by atoms with E-state index in [-0.39, 0.29) is 37.0 Å². The highest BCUT2D eigenvalue weighted by molar-refractivity contribution is 5.94. The van der Waals surface area contributed by atoms with Gasteiger partial charge in [-0.3, -0.25) is 9.80 Å². The van der Waals surface area contributed by atoms with Crippen molar-refractivity contribution >= 4 is 29.4 Å². The van der Waals surface area contributed by atoms with Crippen LogP contribution in [0.15, 0.2) is 36.7 Å². The molecule has 1 atom stereocenters. The quantitative estimate of drug-likeness (QED) is 0.338. The number of nitrogens with one attached hydrogen (secondary N) is 2. The van der Waals surface area contributed by atoms with E-state index in [4.69, 9.17) is 0 Å². The van der Waals surface area contributed by atoms with E-state index in [1.807, 2.05) is 0 Å². The number of hydrogen-bond acceptors (Lipinski definition) is 7. The normalized spacial score (nSPS) is 24.1. The van der Waals surface area contributed by atoms with Crippen molar-refractivity contribution in [3.8, 4) is 11.1 Å². The molecule has 1 aliphatic carbocycles. The van der Waals surface area contributed by atoms with Gasteiger partial charge in [-0.25, -0.2) is 4.98 Å². The molecular weight excluding hydrogens is 567 g/mol. The van der Waals surface area contributed by atoms with Gasteiger partial charge in [-0.15, -0.1) is 12.4 Å². The van der Waals surface area contributed by atoms with Crippen LogP contribution >= 0.6 is 12.4 Å². The maximum absolute atomic E-state index is 12.7. The fourth-order valence-corrected chi connectivity index (χ4v) is 6.56. The highest BCUT2D eigenvalue weighted by Gasteiger charge is 2.28. The third-order valence-corrected chi connectivity index (χ3v) is 8.95. The molecular formula is C30H41ClF3N7O. The smallest absolute Gasteiger partial charge is 0.390 e. The van der Waals surface area contributed by atoms with Gasteiger partial charge in [0.25, 0.3) is 0 Å². The number of fused-ring (bicyclic) bond motifs is 1. The van der Waals surface area contributed by atoms with Gasteiger partial charge >= 0.3 is 6.18 Å². The molecule has 1 saturated carbocycles. The fraction of sp³-hybridized carbons (Fsp3) is 0.600. The second-order valence-electron chi connectivity index (χ2n) is 11.8. The lowest BCUT2D eigenvalue weighted by atomic mass is 9.93. The van der Waals surface area contributed by atoms with E-state index in [2.05, 4.69) is 65.4 Å². The lowest BCUT2D eigenvalue weighted by Crippen LogP contribution is -2.50. The number of rotatable bonds is 8. The highest BCUT2D eigenvalue weighted by Crippen LogP contribution is 2.37. The second-order valence-corrected chi connectivity index (χ2v) is 11.8. The van der Waals surface area contributed by atoms with Gasteiger partial charge in [-0.05, 0) is 49.8 Å². The maximum atomic E-state index is 12.7. The zero-order valence-electron chi connectivity index (χ0n) is 23.8. The van der Waals surface area contributed by atoms with Crippen molar-refractivity contribution < 1.29 is 18.3 Å². The summed E-state index contributed by atoms with van der Waals surface area (Å²) in [5.41, 5.74) is 4.07. The number of aliphatic hydroxyl groups excluding tert-OH is 1. The first-order valence-electron chi connectivity index (χ1n) is 14.9. The zero-order chi connectivity index (χ0) is 28.4. The average Bonchev–Trinajstić information content (AvgIpc) is 3.63. The molecule has 0 amide bonds. The Morgan fingerprint density at radius 2 is 1.71 bits per heavy atom. The predicted octanol–water partition coefficient (Wildman–Crippen LogP) is 4.84. The van der Waals surface area contributed by atoms with E-state index in [0.29, 0.717) is 11.7 Å². The maximum Gasteiger partial charge on any atom is 0.390 e. The Kier molecular flexibility index (Phi) is 9.94. The monoisotopic (exact) mass is 607 g/mol. The van der Waals surface area contributed by atoms with E-state index in [9.17, 15) is 18.3 Å². The molecule has 12 heteroatoms. The Bertz CT molecular complexity index is 1300. The van der Waals surface area contributed by atoms with Crippen LogP contribution in [0.4, 0.5) is 19.1 Å². The molecule has 0 radical (unpaired) electrons. The zero-order valence-corrected chi connectivity index (χ0v) is 24.6. The molecule has 1 unspecified atom stereocenters. The number of halogens is 4.